The number of thiol groups is 2. The quantitative estimate of drug-likeness (QED) is 0.236. The molecule has 6 fully saturated rings. The van der Waals surface area contributed by atoms with E-state index in [4.69, 9.17) is 43.9 Å². The van der Waals surface area contributed by atoms with E-state index >= 15 is 0 Å². The number of hydrogen-bond donors (Lipinski definition) is 2. The summed E-state index contributed by atoms with van der Waals surface area (Å²) < 4.78 is 30.8. The third-order valence-corrected chi connectivity index (χ3v) is 13.9. The molecule has 7 heteroatoms. The van der Waals surface area contributed by atoms with E-state index in [1.54, 1.807) is 0 Å². The van der Waals surface area contributed by atoms with Crippen LogP contribution in [0.5, 0.6) is 0 Å². The second-order valence-electron chi connectivity index (χ2n) is 16.1. The van der Waals surface area contributed by atoms with Gasteiger partial charge in [0.25, 0.3) is 0 Å². The summed E-state index contributed by atoms with van der Waals surface area (Å²) >= 11 is 9.77. The fourth-order valence-electron chi connectivity index (χ4n) is 11.3. The maximum Gasteiger partial charge on any atom is 0.533 e. The van der Waals surface area contributed by atoms with Crippen LogP contribution < -0.4 is 0 Å². The lowest BCUT2D eigenvalue weighted by Crippen LogP contribution is -2.50. The highest BCUT2D eigenvalue weighted by Gasteiger charge is 2.68. The topological polar surface area (TPSA) is 36.9 Å². The zero-order valence-corrected chi connectivity index (χ0v) is 30.1. The number of hydrogen-bond acceptors (Lipinski definition) is 6. The molecule has 47 heavy (non-hydrogen) atoms. The maximum absolute atomic E-state index is 7.81. The van der Waals surface area contributed by atoms with E-state index in [1.807, 2.05) is 0 Å². The minimum atomic E-state index is -2.49. The Balaban J connectivity index is 1.30. The van der Waals surface area contributed by atoms with E-state index in [-0.39, 0.29) is 12.2 Å². The molecule has 2 aliphatic heterocycles. The monoisotopic (exact) mass is 675 g/mol. The van der Waals surface area contributed by atoms with Crippen LogP contribution in [-0.2, 0) is 29.8 Å². The summed E-state index contributed by atoms with van der Waals surface area (Å²) in [6.45, 7) is -2.49. The molecule has 4 nitrogen and oxygen atoms in total. The average molecular weight is 676 g/mol. The van der Waals surface area contributed by atoms with Gasteiger partial charge in [0.15, 0.2) is 0 Å². The Bertz CT molecular complexity index is 1260. The summed E-state index contributed by atoms with van der Waals surface area (Å²) in [5.74, 6) is 1.54. The second kappa shape index (κ2) is 14.0. The number of benzene rings is 2. The Hall–Kier alpha value is -0.955. The van der Waals surface area contributed by atoms with Gasteiger partial charge >= 0.3 is 6.96 Å². The Morgan fingerprint density at radius 1 is 0.489 bits per heavy atom. The molecule has 6 aliphatic rings. The molecule has 0 N–H and O–H groups in total. The molecule has 2 aromatic carbocycles. The van der Waals surface area contributed by atoms with Gasteiger partial charge in [0.1, 0.15) is 0 Å². The molecule has 4 saturated carbocycles. The van der Waals surface area contributed by atoms with Crippen LogP contribution in [0.3, 0.4) is 0 Å². The molecule has 1 spiro atoms. The summed E-state index contributed by atoms with van der Waals surface area (Å²) in [4.78, 5) is 1.96. The summed E-state index contributed by atoms with van der Waals surface area (Å²) in [6, 6.07) is 17.6. The third kappa shape index (κ3) is 6.09. The Labute approximate surface area is 294 Å². The van der Waals surface area contributed by atoms with Crippen molar-refractivity contribution in [2.24, 2.45) is 23.7 Å². The SMILES string of the molecule is Sc1cccc(C2(C3CCCCC3)O[B-]3(OC2C2CCCCC2)OC(C2CCCCC2)C(c2cccc(S)c2)(C2CCCCC2)O3)c1. The highest BCUT2D eigenvalue weighted by atomic mass is 32.1. The molecule has 256 valence electrons. The molecule has 8 rings (SSSR count). The molecule has 2 aromatic rings. The predicted octanol–water partition coefficient (Wildman–Crippen LogP) is 10.9. The van der Waals surface area contributed by atoms with Crippen molar-refractivity contribution in [3.05, 3.63) is 59.7 Å². The van der Waals surface area contributed by atoms with Gasteiger partial charge in [-0.05, 0) is 110 Å². The lowest BCUT2D eigenvalue weighted by Gasteiger charge is -2.49. The fourth-order valence-corrected chi connectivity index (χ4v) is 11.7. The first kappa shape index (κ1) is 33.2. The van der Waals surface area contributed by atoms with E-state index in [1.165, 1.54) is 114 Å². The maximum atomic E-state index is 7.81. The lowest BCUT2D eigenvalue weighted by atomic mass is 9.66. The van der Waals surface area contributed by atoms with Crippen LogP contribution in [0.15, 0.2) is 58.3 Å². The van der Waals surface area contributed by atoms with Crippen molar-refractivity contribution in [3.63, 3.8) is 0 Å². The first-order valence-electron chi connectivity index (χ1n) is 19.5. The van der Waals surface area contributed by atoms with Gasteiger partial charge in [0.05, 0.1) is 23.4 Å². The summed E-state index contributed by atoms with van der Waals surface area (Å²) in [5, 5.41) is 0. The molecule has 4 atom stereocenters. The van der Waals surface area contributed by atoms with Crippen LogP contribution in [0.25, 0.3) is 0 Å². The Kier molecular flexibility index (Phi) is 9.88. The second-order valence-corrected chi connectivity index (χ2v) is 17.1. The van der Waals surface area contributed by atoms with Crippen LogP contribution in [0.2, 0.25) is 0 Å². The normalized spacial score (nSPS) is 36.7. The predicted molar refractivity (Wildman–Crippen MR) is 195 cm³/mol. The van der Waals surface area contributed by atoms with Gasteiger partial charge in [-0.15, -0.1) is 25.3 Å². The van der Waals surface area contributed by atoms with E-state index in [0.29, 0.717) is 23.7 Å². The largest absolute Gasteiger partial charge is 0.533 e. The minimum Gasteiger partial charge on any atom is -0.514 e. The molecule has 0 aromatic heterocycles. The minimum absolute atomic E-state index is 0.105. The van der Waals surface area contributed by atoms with Gasteiger partial charge in [0, 0.05) is 9.79 Å². The fraction of sp³-hybridized carbons (Fsp3) is 0.700. The zero-order chi connectivity index (χ0) is 31.9. The molecule has 0 bridgehead atoms. The molecule has 2 heterocycles. The van der Waals surface area contributed by atoms with Crippen LogP contribution in [0.1, 0.15) is 140 Å². The first-order chi connectivity index (χ1) is 23.0. The van der Waals surface area contributed by atoms with Crippen LogP contribution in [0.4, 0.5) is 0 Å². The lowest BCUT2D eigenvalue weighted by molar-refractivity contribution is -0.0798. The molecule has 0 amide bonds. The Morgan fingerprint density at radius 3 is 1.21 bits per heavy atom. The van der Waals surface area contributed by atoms with Gasteiger partial charge in [0.2, 0.25) is 0 Å². The van der Waals surface area contributed by atoms with Crippen LogP contribution >= 0.6 is 25.3 Å². The van der Waals surface area contributed by atoms with E-state index in [2.05, 4.69) is 48.5 Å². The van der Waals surface area contributed by atoms with Crippen molar-refractivity contribution in [1.82, 2.24) is 0 Å². The van der Waals surface area contributed by atoms with Gasteiger partial charge in [-0.3, -0.25) is 0 Å². The zero-order valence-electron chi connectivity index (χ0n) is 28.3. The Morgan fingerprint density at radius 2 is 0.851 bits per heavy atom. The standard InChI is InChI=1S/C40H56BO4S2/c46-35-25-13-23-33(27-35)39(31-19-9-3-10-20-31)37(29-15-5-1-6-16-29)42-41(44-39)43-38(30-17-7-2-8-18-30)40(45-41,32-21-11-4-12-22-32)34-24-14-26-36(47)28-34/h13-14,23-32,37-38,46-47H,1-12,15-22H2/q-1. The van der Waals surface area contributed by atoms with Gasteiger partial charge in [-0.2, -0.15) is 0 Å². The molecular weight excluding hydrogens is 619 g/mol. The molecule has 0 radical (unpaired) electrons. The van der Waals surface area contributed by atoms with Crippen molar-refractivity contribution in [1.29, 1.82) is 0 Å². The van der Waals surface area contributed by atoms with E-state index < -0.39 is 18.2 Å². The third-order valence-electron chi connectivity index (χ3n) is 13.3. The van der Waals surface area contributed by atoms with Crippen molar-refractivity contribution in [2.45, 2.75) is 162 Å². The molecular formula is C40H56BO4S2-. The first-order valence-corrected chi connectivity index (χ1v) is 20.4. The highest BCUT2D eigenvalue weighted by molar-refractivity contribution is 7.80. The van der Waals surface area contributed by atoms with Gasteiger partial charge in [-0.1, -0.05) is 101 Å². The number of rotatable bonds is 6. The molecule has 2 saturated heterocycles. The van der Waals surface area contributed by atoms with Crippen molar-refractivity contribution in [2.75, 3.05) is 0 Å². The van der Waals surface area contributed by atoms with E-state index in [9.17, 15) is 0 Å². The smallest absolute Gasteiger partial charge is 0.514 e. The average Bonchev–Trinajstić information content (AvgIpc) is 3.66. The highest BCUT2D eigenvalue weighted by Crippen LogP contribution is 2.62. The molecule has 4 unspecified atom stereocenters. The summed E-state index contributed by atoms with van der Waals surface area (Å²) in [6.07, 6.45) is 24.3. The van der Waals surface area contributed by atoms with Crippen LogP contribution in [0, 0.1) is 23.7 Å². The van der Waals surface area contributed by atoms with Crippen molar-refractivity contribution in [3.8, 4) is 0 Å². The van der Waals surface area contributed by atoms with Crippen molar-refractivity contribution >= 4 is 32.2 Å². The van der Waals surface area contributed by atoms with E-state index in [0.717, 1.165) is 35.5 Å². The molecule has 4 aliphatic carbocycles. The van der Waals surface area contributed by atoms with Gasteiger partial charge in [-0.25, -0.2) is 0 Å². The van der Waals surface area contributed by atoms with Crippen LogP contribution in [-0.4, -0.2) is 19.2 Å². The van der Waals surface area contributed by atoms with Gasteiger partial charge < -0.3 is 18.6 Å². The summed E-state index contributed by atoms with van der Waals surface area (Å²) in [5.41, 5.74) is 1.18. The van der Waals surface area contributed by atoms with Crippen molar-refractivity contribution < 1.29 is 18.6 Å². The summed E-state index contributed by atoms with van der Waals surface area (Å²) in [7, 11) is 0.